The molecule has 0 aliphatic heterocycles. The SMILES string of the molecule is COC(=O)c1ccc(CNC2CC2)cn1.O=C(O)C(F)(F)F.O=C(O)C(F)(F)F. The van der Waals surface area contributed by atoms with Crippen LogP contribution in [0, 0.1) is 0 Å². The third-order valence-electron chi connectivity index (χ3n) is 2.88. The molecule has 1 fully saturated rings. The number of rotatable bonds is 4. The molecule has 8 nitrogen and oxygen atoms in total. The number of methoxy groups -OCH3 is 1. The van der Waals surface area contributed by atoms with Crippen LogP contribution >= 0.6 is 0 Å². The summed E-state index contributed by atoms with van der Waals surface area (Å²) in [5.74, 6) is -5.91. The van der Waals surface area contributed by atoms with E-state index in [1.807, 2.05) is 6.07 Å². The van der Waals surface area contributed by atoms with Crippen molar-refractivity contribution < 1.29 is 55.7 Å². The van der Waals surface area contributed by atoms with Crippen molar-refractivity contribution in [2.75, 3.05) is 7.11 Å². The number of carbonyl (C=O) groups excluding carboxylic acids is 1. The van der Waals surface area contributed by atoms with Crippen LogP contribution in [0.1, 0.15) is 28.9 Å². The van der Waals surface area contributed by atoms with Crippen LogP contribution < -0.4 is 5.32 Å². The fourth-order valence-electron chi connectivity index (χ4n) is 1.30. The number of carboxylic acid groups (broad SMARTS) is 2. The molecule has 0 aromatic carbocycles. The summed E-state index contributed by atoms with van der Waals surface area (Å²) in [4.78, 5) is 32.9. The molecule has 0 atom stereocenters. The zero-order valence-electron chi connectivity index (χ0n) is 14.7. The number of pyridine rings is 1. The second-order valence-electron chi connectivity index (χ2n) is 5.30. The third-order valence-corrected chi connectivity index (χ3v) is 2.88. The van der Waals surface area contributed by atoms with E-state index in [2.05, 4.69) is 15.0 Å². The lowest BCUT2D eigenvalue weighted by Crippen LogP contribution is -2.21. The van der Waals surface area contributed by atoms with Crippen LogP contribution in [0.3, 0.4) is 0 Å². The molecule has 1 aliphatic rings. The van der Waals surface area contributed by atoms with Crippen LogP contribution in [0.2, 0.25) is 0 Å². The molecular weight excluding hydrogens is 418 g/mol. The van der Waals surface area contributed by atoms with Gasteiger partial charge < -0.3 is 20.3 Å². The van der Waals surface area contributed by atoms with Crippen molar-refractivity contribution in [3.05, 3.63) is 29.6 Å². The first-order chi connectivity index (χ1) is 13.2. The van der Waals surface area contributed by atoms with E-state index in [0.717, 1.165) is 12.1 Å². The molecule has 2 rings (SSSR count). The van der Waals surface area contributed by atoms with E-state index in [-0.39, 0.29) is 0 Å². The van der Waals surface area contributed by atoms with Gasteiger partial charge >= 0.3 is 30.3 Å². The van der Waals surface area contributed by atoms with E-state index >= 15 is 0 Å². The van der Waals surface area contributed by atoms with Crippen molar-refractivity contribution >= 4 is 17.9 Å². The molecule has 1 saturated carbocycles. The average Bonchev–Trinajstić information content (AvgIpc) is 3.43. The largest absolute Gasteiger partial charge is 0.490 e. The number of carbonyl (C=O) groups is 3. The van der Waals surface area contributed by atoms with Gasteiger partial charge in [-0.05, 0) is 24.5 Å². The van der Waals surface area contributed by atoms with Gasteiger partial charge in [-0.3, -0.25) is 0 Å². The van der Waals surface area contributed by atoms with Crippen LogP contribution in [0.25, 0.3) is 0 Å². The summed E-state index contributed by atoms with van der Waals surface area (Å²) in [5.41, 5.74) is 1.45. The van der Waals surface area contributed by atoms with Crippen LogP contribution in [0.5, 0.6) is 0 Å². The summed E-state index contributed by atoms with van der Waals surface area (Å²) < 4.78 is 68.0. The maximum Gasteiger partial charge on any atom is 0.490 e. The zero-order valence-corrected chi connectivity index (χ0v) is 14.7. The molecule has 29 heavy (non-hydrogen) atoms. The summed E-state index contributed by atoms with van der Waals surface area (Å²) in [6.07, 6.45) is -5.91. The summed E-state index contributed by atoms with van der Waals surface area (Å²) in [7, 11) is 1.35. The van der Waals surface area contributed by atoms with Crippen molar-refractivity contribution in [2.24, 2.45) is 0 Å². The molecule has 164 valence electrons. The topological polar surface area (TPSA) is 126 Å². The van der Waals surface area contributed by atoms with Crippen molar-refractivity contribution in [2.45, 2.75) is 37.8 Å². The van der Waals surface area contributed by atoms with Crippen LogP contribution in [-0.4, -0.2) is 58.6 Å². The predicted molar refractivity (Wildman–Crippen MR) is 82.8 cm³/mol. The van der Waals surface area contributed by atoms with E-state index in [0.29, 0.717) is 11.7 Å². The molecule has 1 aromatic heterocycles. The van der Waals surface area contributed by atoms with Gasteiger partial charge in [0.1, 0.15) is 5.69 Å². The van der Waals surface area contributed by atoms with Crippen LogP contribution in [0.15, 0.2) is 18.3 Å². The Balaban J connectivity index is 0.000000473. The Hall–Kier alpha value is -2.90. The second-order valence-corrected chi connectivity index (χ2v) is 5.30. The molecule has 0 spiro atoms. The molecule has 0 unspecified atom stereocenters. The second kappa shape index (κ2) is 11.2. The van der Waals surface area contributed by atoms with Crippen LogP contribution in [0.4, 0.5) is 26.3 Å². The molecule has 0 radical (unpaired) electrons. The van der Waals surface area contributed by atoms with Crippen molar-refractivity contribution in [1.82, 2.24) is 10.3 Å². The van der Waals surface area contributed by atoms with Gasteiger partial charge in [0.2, 0.25) is 0 Å². The first kappa shape index (κ1) is 26.1. The van der Waals surface area contributed by atoms with Crippen molar-refractivity contribution in [3.63, 3.8) is 0 Å². The molecule has 0 saturated heterocycles. The molecule has 0 bridgehead atoms. The predicted octanol–water partition coefficient (Wildman–Crippen LogP) is 2.39. The molecule has 14 heteroatoms. The Morgan fingerprint density at radius 3 is 1.79 bits per heavy atom. The Bertz CT molecular complexity index is 662. The Kier molecular flexibility index (Phi) is 10.1. The first-order valence-electron chi connectivity index (χ1n) is 7.55. The number of ether oxygens (including phenoxy) is 1. The first-order valence-corrected chi connectivity index (χ1v) is 7.55. The third kappa shape index (κ3) is 12.2. The van der Waals surface area contributed by atoms with Gasteiger partial charge in [0, 0.05) is 18.8 Å². The average molecular weight is 434 g/mol. The minimum Gasteiger partial charge on any atom is -0.475 e. The number of aliphatic carboxylic acids is 2. The van der Waals surface area contributed by atoms with E-state index < -0.39 is 30.3 Å². The van der Waals surface area contributed by atoms with Gasteiger partial charge in [0.25, 0.3) is 0 Å². The van der Waals surface area contributed by atoms with E-state index in [9.17, 15) is 31.1 Å². The van der Waals surface area contributed by atoms with E-state index in [4.69, 9.17) is 19.8 Å². The number of aromatic nitrogens is 1. The standard InChI is InChI=1S/C11H14N2O2.2C2HF3O2/c1-15-11(14)10-5-2-8(7-13-10)6-12-9-3-4-9;2*3-2(4,5)1(6)7/h2,5,7,9,12H,3-4,6H2,1H3;2*(H,6,7). The lowest BCUT2D eigenvalue weighted by Gasteiger charge is -2.03. The highest BCUT2D eigenvalue weighted by molar-refractivity contribution is 5.86. The number of hydrogen-bond acceptors (Lipinski definition) is 6. The summed E-state index contributed by atoms with van der Waals surface area (Å²) >= 11 is 0. The molecule has 1 aromatic rings. The smallest absolute Gasteiger partial charge is 0.475 e. The summed E-state index contributed by atoms with van der Waals surface area (Å²) in [6, 6.07) is 4.27. The Morgan fingerprint density at radius 1 is 1.07 bits per heavy atom. The number of nitrogens with zero attached hydrogens (tertiary/aromatic N) is 1. The number of alkyl halides is 6. The van der Waals surface area contributed by atoms with Gasteiger partial charge in [-0.25, -0.2) is 19.4 Å². The summed E-state index contributed by atoms with van der Waals surface area (Å²) in [6.45, 7) is 0.819. The minimum atomic E-state index is -5.08. The van der Waals surface area contributed by atoms with Crippen LogP contribution in [-0.2, 0) is 20.9 Å². The number of carboxylic acids is 2. The van der Waals surface area contributed by atoms with E-state index in [1.54, 1.807) is 12.3 Å². The lowest BCUT2D eigenvalue weighted by molar-refractivity contribution is -0.193. The fourth-order valence-corrected chi connectivity index (χ4v) is 1.30. The number of hydrogen-bond donors (Lipinski definition) is 3. The van der Waals surface area contributed by atoms with Gasteiger partial charge in [-0.15, -0.1) is 0 Å². The maximum absolute atomic E-state index is 11.1. The van der Waals surface area contributed by atoms with Crippen molar-refractivity contribution in [1.29, 1.82) is 0 Å². The zero-order chi connectivity index (χ0) is 22.8. The fraction of sp³-hybridized carbons (Fsp3) is 0.467. The quantitative estimate of drug-likeness (QED) is 0.487. The Morgan fingerprint density at radius 2 is 1.52 bits per heavy atom. The van der Waals surface area contributed by atoms with Gasteiger partial charge in [-0.2, -0.15) is 26.3 Å². The highest BCUT2D eigenvalue weighted by Crippen LogP contribution is 2.19. The number of esters is 1. The monoisotopic (exact) mass is 434 g/mol. The lowest BCUT2D eigenvalue weighted by atomic mass is 10.2. The summed E-state index contributed by atoms with van der Waals surface area (Å²) in [5, 5.41) is 17.6. The maximum atomic E-state index is 11.1. The van der Waals surface area contributed by atoms with E-state index in [1.165, 1.54) is 20.0 Å². The molecule has 3 N–H and O–H groups in total. The van der Waals surface area contributed by atoms with Crippen molar-refractivity contribution in [3.8, 4) is 0 Å². The highest BCUT2D eigenvalue weighted by Gasteiger charge is 2.38. The van der Waals surface area contributed by atoms with Gasteiger partial charge in [0.05, 0.1) is 7.11 Å². The minimum absolute atomic E-state index is 0.354. The normalized spacial score (nSPS) is 13.2. The number of halogens is 6. The molecular formula is C15H16F6N2O6. The molecule has 1 aliphatic carbocycles. The molecule has 0 amide bonds. The Labute approximate surface area is 159 Å². The number of nitrogens with one attached hydrogen (secondary N) is 1. The van der Waals surface area contributed by atoms with Gasteiger partial charge in [-0.1, -0.05) is 6.07 Å². The highest BCUT2D eigenvalue weighted by atomic mass is 19.4. The molecule has 1 heterocycles. The van der Waals surface area contributed by atoms with Gasteiger partial charge in [0.15, 0.2) is 0 Å².